The zero-order chi connectivity index (χ0) is 15.6. The van der Waals surface area contributed by atoms with E-state index in [4.69, 9.17) is 5.11 Å². The summed E-state index contributed by atoms with van der Waals surface area (Å²) < 4.78 is 13.6. The molecule has 7 heteroatoms. The maximum atomic E-state index is 13.0. The Labute approximate surface area is 130 Å². The molecule has 1 aliphatic heterocycles. The number of urea groups is 1. The quantitative estimate of drug-likeness (QED) is 0.872. The van der Waals surface area contributed by atoms with Gasteiger partial charge < -0.3 is 15.3 Å². The van der Waals surface area contributed by atoms with Crippen LogP contribution in [0.15, 0.2) is 22.7 Å². The van der Waals surface area contributed by atoms with E-state index in [-0.39, 0.29) is 24.9 Å². The first-order valence-corrected chi connectivity index (χ1v) is 7.31. The predicted molar refractivity (Wildman–Crippen MR) is 78.3 cm³/mol. The molecule has 1 aromatic carbocycles. The number of hydrogen-bond donors (Lipinski definition) is 2. The molecule has 2 N–H and O–H groups in total. The van der Waals surface area contributed by atoms with Crippen LogP contribution in [0.2, 0.25) is 0 Å². The van der Waals surface area contributed by atoms with E-state index in [1.54, 1.807) is 13.0 Å². The zero-order valence-corrected chi connectivity index (χ0v) is 13.1. The molecule has 0 aliphatic carbocycles. The van der Waals surface area contributed by atoms with Crippen LogP contribution in [-0.2, 0) is 11.3 Å². The van der Waals surface area contributed by atoms with Crippen molar-refractivity contribution in [2.75, 3.05) is 13.1 Å². The van der Waals surface area contributed by atoms with Crippen molar-refractivity contribution in [2.45, 2.75) is 19.9 Å². The number of benzene rings is 1. The van der Waals surface area contributed by atoms with Gasteiger partial charge in [0.05, 0.1) is 5.41 Å². The lowest BCUT2D eigenvalue weighted by molar-refractivity contribution is -0.146. The molecule has 1 heterocycles. The monoisotopic (exact) mass is 358 g/mol. The molecule has 1 fully saturated rings. The maximum absolute atomic E-state index is 13.0. The highest BCUT2D eigenvalue weighted by Crippen LogP contribution is 2.30. The van der Waals surface area contributed by atoms with Crippen LogP contribution in [0, 0.1) is 11.2 Å². The standard InChI is InChI=1S/C14H16BrFN2O3/c1-14(12(19)20)4-5-18(8-14)13(21)17-7-9-2-3-10(16)6-11(9)15/h2-3,6H,4-5,7-8H2,1H3,(H,17,21)(H,19,20). The van der Waals surface area contributed by atoms with E-state index >= 15 is 0 Å². The number of nitrogens with one attached hydrogen (secondary N) is 1. The Hall–Kier alpha value is -1.63. The van der Waals surface area contributed by atoms with Crippen molar-refractivity contribution in [1.29, 1.82) is 0 Å². The summed E-state index contributed by atoms with van der Waals surface area (Å²) in [6.07, 6.45) is 0.440. The fourth-order valence-corrected chi connectivity index (χ4v) is 2.75. The van der Waals surface area contributed by atoms with Crippen LogP contribution in [0.1, 0.15) is 18.9 Å². The predicted octanol–water partition coefficient (Wildman–Crippen LogP) is 2.59. The zero-order valence-electron chi connectivity index (χ0n) is 11.5. The lowest BCUT2D eigenvalue weighted by Gasteiger charge is -2.20. The smallest absolute Gasteiger partial charge is 0.317 e. The van der Waals surface area contributed by atoms with E-state index in [2.05, 4.69) is 21.2 Å². The molecule has 1 atom stereocenters. The van der Waals surface area contributed by atoms with Crippen molar-refractivity contribution in [2.24, 2.45) is 5.41 Å². The molecule has 5 nitrogen and oxygen atoms in total. The molecule has 21 heavy (non-hydrogen) atoms. The van der Waals surface area contributed by atoms with Crippen molar-refractivity contribution in [3.8, 4) is 0 Å². The molecule has 0 saturated carbocycles. The lowest BCUT2D eigenvalue weighted by Crippen LogP contribution is -2.40. The molecule has 0 aromatic heterocycles. The number of hydrogen-bond acceptors (Lipinski definition) is 2. The van der Waals surface area contributed by atoms with Gasteiger partial charge in [0, 0.05) is 24.1 Å². The van der Waals surface area contributed by atoms with Gasteiger partial charge >= 0.3 is 12.0 Å². The molecule has 114 valence electrons. The molecule has 0 bridgehead atoms. The Morgan fingerprint density at radius 3 is 2.81 bits per heavy atom. The number of halogens is 2. The van der Waals surface area contributed by atoms with Crippen LogP contribution in [0.25, 0.3) is 0 Å². The average molecular weight is 359 g/mol. The third kappa shape index (κ3) is 3.53. The van der Waals surface area contributed by atoms with Gasteiger partial charge in [0.25, 0.3) is 0 Å². The first-order valence-electron chi connectivity index (χ1n) is 6.52. The molecule has 1 unspecified atom stereocenters. The Morgan fingerprint density at radius 1 is 1.52 bits per heavy atom. The molecular formula is C14H16BrFN2O3. The Kier molecular flexibility index (Phi) is 4.51. The van der Waals surface area contributed by atoms with Gasteiger partial charge in [-0.25, -0.2) is 9.18 Å². The molecule has 1 saturated heterocycles. The lowest BCUT2D eigenvalue weighted by atomic mass is 9.90. The van der Waals surface area contributed by atoms with E-state index in [1.807, 2.05) is 0 Å². The van der Waals surface area contributed by atoms with Gasteiger partial charge in [-0.05, 0) is 31.0 Å². The average Bonchev–Trinajstić information content (AvgIpc) is 2.82. The van der Waals surface area contributed by atoms with Gasteiger partial charge in [0.2, 0.25) is 0 Å². The summed E-state index contributed by atoms with van der Waals surface area (Å²) in [7, 11) is 0. The third-order valence-electron chi connectivity index (χ3n) is 3.72. The summed E-state index contributed by atoms with van der Waals surface area (Å²) in [5.41, 5.74) is -0.127. The first kappa shape index (κ1) is 15.8. The van der Waals surface area contributed by atoms with Crippen molar-refractivity contribution in [3.05, 3.63) is 34.1 Å². The summed E-state index contributed by atoms with van der Waals surface area (Å²) in [6, 6.07) is 3.93. The van der Waals surface area contributed by atoms with Gasteiger partial charge in [0.1, 0.15) is 5.82 Å². The molecular weight excluding hydrogens is 343 g/mol. The van der Waals surface area contributed by atoms with Gasteiger partial charge in [-0.1, -0.05) is 22.0 Å². The molecule has 0 spiro atoms. The largest absolute Gasteiger partial charge is 0.481 e. The fraction of sp³-hybridized carbons (Fsp3) is 0.429. The van der Waals surface area contributed by atoms with E-state index in [0.717, 1.165) is 5.56 Å². The van der Waals surface area contributed by atoms with E-state index in [9.17, 15) is 14.0 Å². The summed E-state index contributed by atoms with van der Waals surface area (Å²) >= 11 is 3.24. The van der Waals surface area contributed by atoms with Gasteiger partial charge in [-0.2, -0.15) is 0 Å². The number of rotatable bonds is 3. The minimum Gasteiger partial charge on any atom is -0.481 e. The minimum atomic E-state index is -0.890. The van der Waals surface area contributed by atoms with Crippen molar-refractivity contribution in [3.63, 3.8) is 0 Å². The molecule has 2 amide bonds. The number of carboxylic acid groups (broad SMARTS) is 1. The number of carbonyl (C=O) groups excluding carboxylic acids is 1. The van der Waals surface area contributed by atoms with E-state index < -0.39 is 11.4 Å². The number of aliphatic carboxylic acids is 1. The Bertz CT molecular complexity index is 581. The maximum Gasteiger partial charge on any atom is 0.317 e. The van der Waals surface area contributed by atoms with Gasteiger partial charge in [-0.3, -0.25) is 4.79 Å². The van der Waals surface area contributed by atoms with Crippen LogP contribution in [0.4, 0.5) is 9.18 Å². The second kappa shape index (κ2) is 6.01. The highest BCUT2D eigenvalue weighted by atomic mass is 79.9. The molecule has 1 aliphatic rings. The molecule has 0 radical (unpaired) electrons. The number of carboxylic acids is 1. The van der Waals surface area contributed by atoms with Crippen LogP contribution in [-0.4, -0.2) is 35.1 Å². The summed E-state index contributed by atoms with van der Waals surface area (Å²) in [4.78, 5) is 24.7. The Balaban J connectivity index is 1.93. The highest BCUT2D eigenvalue weighted by molar-refractivity contribution is 9.10. The van der Waals surface area contributed by atoms with Crippen molar-refractivity contribution < 1.29 is 19.1 Å². The van der Waals surface area contributed by atoms with E-state index in [1.165, 1.54) is 17.0 Å². The normalized spacial score (nSPS) is 21.4. The SMILES string of the molecule is CC1(C(=O)O)CCN(C(=O)NCc2ccc(F)cc2Br)C1. The third-order valence-corrected chi connectivity index (χ3v) is 4.46. The summed E-state index contributed by atoms with van der Waals surface area (Å²) in [5, 5.41) is 11.9. The first-order chi connectivity index (χ1) is 9.82. The highest BCUT2D eigenvalue weighted by Gasteiger charge is 2.42. The number of nitrogens with zero attached hydrogens (tertiary/aromatic N) is 1. The van der Waals surface area contributed by atoms with Crippen LogP contribution in [0.5, 0.6) is 0 Å². The minimum absolute atomic E-state index is 0.193. The topological polar surface area (TPSA) is 69.6 Å². The fourth-order valence-electron chi connectivity index (χ4n) is 2.26. The van der Waals surface area contributed by atoms with E-state index in [0.29, 0.717) is 17.4 Å². The second-order valence-electron chi connectivity index (χ2n) is 5.43. The Morgan fingerprint density at radius 2 is 2.24 bits per heavy atom. The van der Waals surface area contributed by atoms with Crippen LogP contribution >= 0.6 is 15.9 Å². The summed E-state index contributed by atoms with van der Waals surface area (Å²) in [5.74, 6) is -1.24. The van der Waals surface area contributed by atoms with Crippen molar-refractivity contribution in [1.82, 2.24) is 10.2 Å². The molecule has 2 rings (SSSR count). The van der Waals surface area contributed by atoms with Crippen LogP contribution in [0.3, 0.4) is 0 Å². The number of likely N-dealkylation sites (tertiary alicyclic amines) is 1. The van der Waals surface area contributed by atoms with Crippen LogP contribution < -0.4 is 5.32 Å². The number of carbonyl (C=O) groups is 2. The molecule has 1 aromatic rings. The number of amides is 2. The second-order valence-corrected chi connectivity index (χ2v) is 6.29. The van der Waals surface area contributed by atoms with Crippen molar-refractivity contribution >= 4 is 27.9 Å². The van der Waals surface area contributed by atoms with Gasteiger partial charge in [-0.15, -0.1) is 0 Å². The summed E-state index contributed by atoms with van der Waals surface area (Å²) in [6.45, 7) is 2.50. The van der Waals surface area contributed by atoms with Gasteiger partial charge in [0.15, 0.2) is 0 Å².